The molecule has 1 aromatic heterocycles. The number of hydrogen-bond donors (Lipinski definition) is 2. The van der Waals surface area contributed by atoms with Crippen molar-refractivity contribution < 1.29 is 29.3 Å². The lowest BCUT2D eigenvalue weighted by atomic mass is 9.79. The molecular weight excluding hydrogens is 462 g/mol. The molecule has 1 aromatic rings. The van der Waals surface area contributed by atoms with Crippen LogP contribution in [-0.2, 0) is 20.9 Å². The van der Waals surface area contributed by atoms with Gasteiger partial charge in [-0.15, -0.1) is 11.8 Å². The average molecular weight is 492 g/mol. The summed E-state index contributed by atoms with van der Waals surface area (Å²) in [5.74, 6) is -2.33. The van der Waals surface area contributed by atoms with E-state index < -0.39 is 24.1 Å². The highest BCUT2D eigenvalue weighted by Gasteiger charge is 2.60. The van der Waals surface area contributed by atoms with E-state index in [0.717, 1.165) is 0 Å². The van der Waals surface area contributed by atoms with Crippen LogP contribution in [0.5, 0.6) is 0 Å². The van der Waals surface area contributed by atoms with Crippen molar-refractivity contribution in [1.82, 2.24) is 24.6 Å². The van der Waals surface area contributed by atoms with Crippen LogP contribution in [0.1, 0.15) is 26.7 Å². The molecule has 2 N–H and O–H groups in total. The molecule has 4 heterocycles. The lowest BCUT2D eigenvalue weighted by Gasteiger charge is -2.46. The third-order valence-electron chi connectivity index (χ3n) is 6.70. The Morgan fingerprint density at radius 3 is 2.82 bits per heavy atom. The fraction of sp³-hybridized carbons (Fsp3) is 0.591. The molecular formula is C22H29N5O6S. The zero-order valence-electron chi connectivity index (χ0n) is 19.1. The molecule has 0 saturated carbocycles. The van der Waals surface area contributed by atoms with Crippen molar-refractivity contribution in [2.24, 2.45) is 11.8 Å². The molecule has 3 aliphatic rings. The molecule has 34 heavy (non-hydrogen) atoms. The molecule has 0 spiro atoms. The quantitative estimate of drug-likeness (QED) is 0.387. The summed E-state index contributed by atoms with van der Waals surface area (Å²) in [6.07, 6.45) is 4.58. The van der Waals surface area contributed by atoms with E-state index in [2.05, 4.69) is 16.7 Å². The van der Waals surface area contributed by atoms with E-state index in [4.69, 9.17) is 4.74 Å². The number of carbonyl (C=O) groups is 3. The molecule has 2 saturated heterocycles. The highest BCUT2D eigenvalue weighted by molar-refractivity contribution is 8.03. The van der Waals surface area contributed by atoms with E-state index in [1.54, 1.807) is 22.8 Å². The van der Waals surface area contributed by atoms with E-state index in [-0.39, 0.29) is 41.5 Å². The minimum absolute atomic E-state index is 0.00347. The maximum absolute atomic E-state index is 12.7. The number of carboxylic acid groups (broad SMARTS) is 1. The Kier molecular flexibility index (Phi) is 6.99. The Balaban J connectivity index is 1.52. The zero-order valence-corrected chi connectivity index (χ0v) is 19.9. The van der Waals surface area contributed by atoms with E-state index in [9.17, 15) is 24.6 Å². The lowest BCUT2D eigenvalue weighted by molar-refractivity contribution is -0.163. The second kappa shape index (κ2) is 9.79. The van der Waals surface area contributed by atoms with Gasteiger partial charge in [0, 0.05) is 35.2 Å². The number of aliphatic carboxylic acids is 1. The molecule has 0 unspecified atom stereocenters. The number of aromatic nitrogens is 3. The van der Waals surface area contributed by atoms with Crippen LogP contribution in [0.25, 0.3) is 0 Å². The van der Waals surface area contributed by atoms with Crippen molar-refractivity contribution >= 4 is 29.7 Å². The molecule has 0 radical (unpaired) electrons. The summed E-state index contributed by atoms with van der Waals surface area (Å²) in [5.41, 5.74) is -0.00347. The van der Waals surface area contributed by atoms with Crippen LogP contribution in [-0.4, -0.2) is 89.3 Å². The van der Waals surface area contributed by atoms with Gasteiger partial charge in [0.1, 0.15) is 25.0 Å². The number of thioether (sulfide) groups is 1. The average Bonchev–Trinajstić information content (AvgIpc) is 3.49. The number of amides is 2. The minimum Gasteiger partial charge on any atom is -0.477 e. The molecule has 0 aromatic carbocycles. The summed E-state index contributed by atoms with van der Waals surface area (Å²) in [6, 6.07) is -0.479. The summed E-state index contributed by atoms with van der Waals surface area (Å²) in [7, 11) is 0. The monoisotopic (exact) mass is 491 g/mol. The predicted octanol–water partition coefficient (Wildman–Crippen LogP) is 1.32. The van der Waals surface area contributed by atoms with Crippen molar-refractivity contribution in [3.8, 4) is 0 Å². The topological polar surface area (TPSA) is 138 Å². The van der Waals surface area contributed by atoms with Crippen LogP contribution in [0.4, 0.5) is 4.79 Å². The van der Waals surface area contributed by atoms with E-state index in [0.29, 0.717) is 30.8 Å². The number of likely N-dealkylation sites (tertiary alicyclic amines) is 1. The Morgan fingerprint density at radius 2 is 2.21 bits per heavy atom. The van der Waals surface area contributed by atoms with E-state index in [1.165, 1.54) is 29.1 Å². The molecule has 3 aliphatic heterocycles. The maximum Gasteiger partial charge on any atom is 0.410 e. The number of hydrogen-bond acceptors (Lipinski definition) is 8. The fourth-order valence-electron chi connectivity index (χ4n) is 5.16. The van der Waals surface area contributed by atoms with Crippen LogP contribution in [0.3, 0.4) is 0 Å². The van der Waals surface area contributed by atoms with Gasteiger partial charge in [-0.1, -0.05) is 19.6 Å². The van der Waals surface area contributed by atoms with Crippen molar-refractivity contribution in [2.45, 2.75) is 56.7 Å². The molecule has 0 bridgehead atoms. The second-order valence-electron chi connectivity index (χ2n) is 8.87. The Hall–Kier alpha value is -2.86. The summed E-state index contributed by atoms with van der Waals surface area (Å²) < 4.78 is 6.98. The lowest BCUT2D eigenvalue weighted by Crippen LogP contribution is -2.63. The highest BCUT2D eigenvalue weighted by Crippen LogP contribution is 2.52. The van der Waals surface area contributed by atoms with Gasteiger partial charge >= 0.3 is 12.1 Å². The molecule has 12 heteroatoms. The Bertz CT molecular complexity index is 996. The molecule has 2 amide bonds. The standard InChI is InChI=1S/C22H29N5O6S/c1-4-7-33-22(32)26-9-15(8-14(26)5-6-25-11-23-10-24-25)34-19-12(2)17-16(13(3)28)20(29)27(17)18(19)21(30)31/h4,10-17,28H,1,5-9H2,2-3H3,(H,30,31)/t12-,13-,14+,15+,16-,17-/m1/s1. The third-order valence-corrected chi connectivity index (χ3v) is 8.19. The van der Waals surface area contributed by atoms with Gasteiger partial charge in [0.2, 0.25) is 5.91 Å². The molecule has 4 rings (SSSR count). The smallest absolute Gasteiger partial charge is 0.410 e. The van der Waals surface area contributed by atoms with Crippen LogP contribution < -0.4 is 0 Å². The first-order valence-electron chi connectivity index (χ1n) is 11.3. The SMILES string of the molecule is C=CCOC(=O)N1C[C@@H](SC2=C(C(=O)O)N3C(=O)[C@H]([C@@H](C)O)[C@H]3[C@H]2C)C[C@@H]1CCn1cncn1. The third kappa shape index (κ3) is 4.31. The Morgan fingerprint density at radius 1 is 1.44 bits per heavy atom. The molecule has 6 atom stereocenters. The van der Waals surface area contributed by atoms with Gasteiger partial charge in [0.25, 0.3) is 0 Å². The first kappa shape index (κ1) is 24.3. The van der Waals surface area contributed by atoms with Crippen LogP contribution in [0.2, 0.25) is 0 Å². The van der Waals surface area contributed by atoms with Gasteiger partial charge in [0.05, 0.1) is 18.1 Å². The van der Waals surface area contributed by atoms with Gasteiger partial charge < -0.3 is 24.7 Å². The van der Waals surface area contributed by atoms with Crippen molar-refractivity contribution in [1.29, 1.82) is 0 Å². The van der Waals surface area contributed by atoms with Crippen LogP contribution in [0.15, 0.2) is 35.9 Å². The Labute approximate surface area is 201 Å². The van der Waals surface area contributed by atoms with Crippen LogP contribution in [0, 0.1) is 11.8 Å². The number of nitrogens with zero attached hydrogens (tertiary/aromatic N) is 5. The summed E-state index contributed by atoms with van der Waals surface area (Å²) >= 11 is 1.41. The van der Waals surface area contributed by atoms with Crippen molar-refractivity contribution in [3.63, 3.8) is 0 Å². The van der Waals surface area contributed by atoms with E-state index >= 15 is 0 Å². The maximum atomic E-state index is 12.7. The number of β-lactam (4-membered cyclic amide) rings is 1. The van der Waals surface area contributed by atoms with Gasteiger partial charge in [-0.2, -0.15) is 5.10 Å². The number of fused-ring (bicyclic) bond motifs is 1. The fourth-order valence-corrected chi connectivity index (χ4v) is 6.72. The van der Waals surface area contributed by atoms with Gasteiger partial charge in [-0.3, -0.25) is 9.48 Å². The van der Waals surface area contributed by atoms with Crippen LogP contribution >= 0.6 is 11.8 Å². The number of ether oxygens (including phenoxy) is 1. The van der Waals surface area contributed by atoms with Gasteiger partial charge in [-0.05, 0) is 19.8 Å². The first-order chi connectivity index (χ1) is 16.2. The number of aliphatic hydroxyl groups is 1. The minimum atomic E-state index is -1.16. The zero-order chi connectivity index (χ0) is 24.6. The second-order valence-corrected chi connectivity index (χ2v) is 10.2. The summed E-state index contributed by atoms with van der Waals surface area (Å²) in [6.45, 7) is 8.11. The van der Waals surface area contributed by atoms with Gasteiger partial charge in [-0.25, -0.2) is 14.6 Å². The van der Waals surface area contributed by atoms with Gasteiger partial charge in [0.15, 0.2) is 0 Å². The highest BCUT2D eigenvalue weighted by atomic mass is 32.2. The van der Waals surface area contributed by atoms with Crippen molar-refractivity contribution in [3.05, 3.63) is 35.9 Å². The largest absolute Gasteiger partial charge is 0.477 e. The molecule has 0 aliphatic carbocycles. The molecule has 184 valence electrons. The van der Waals surface area contributed by atoms with Crippen molar-refractivity contribution in [2.75, 3.05) is 13.2 Å². The number of aliphatic hydroxyl groups excluding tert-OH is 1. The predicted molar refractivity (Wildman–Crippen MR) is 122 cm³/mol. The summed E-state index contributed by atoms with van der Waals surface area (Å²) in [4.78, 5) is 44.9. The number of carboxylic acids is 1. The molecule has 11 nitrogen and oxygen atoms in total. The number of aryl methyl sites for hydroxylation is 1. The number of rotatable bonds is 9. The van der Waals surface area contributed by atoms with E-state index in [1.807, 2.05) is 6.92 Å². The normalized spacial score (nSPS) is 29.1. The molecule has 2 fully saturated rings. The first-order valence-corrected chi connectivity index (χ1v) is 12.1. The number of carbonyl (C=O) groups excluding carboxylic acids is 2. The summed E-state index contributed by atoms with van der Waals surface area (Å²) in [5, 5.41) is 24.0.